The predicted molar refractivity (Wildman–Crippen MR) is 129 cm³/mol. The van der Waals surface area contributed by atoms with E-state index in [9.17, 15) is 20.4 Å². The van der Waals surface area contributed by atoms with E-state index < -0.39 is 85.6 Å². The zero-order valence-electron chi connectivity index (χ0n) is 20.0. The molecule has 0 aromatic carbocycles. The molecule has 0 bridgehead atoms. The van der Waals surface area contributed by atoms with Crippen LogP contribution in [0.4, 0.5) is 0 Å². The quantitative estimate of drug-likeness (QED) is 0.130. The van der Waals surface area contributed by atoms with Crippen molar-refractivity contribution in [2.75, 3.05) is 18.1 Å². The van der Waals surface area contributed by atoms with Gasteiger partial charge >= 0.3 is 0 Å². The second-order valence-electron chi connectivity index (χ2n) is 9.68. The van der Waals surface area contributed by atoms with Crippen LogP contribution in [0.15, 0.2) is 0 Å². The Balaban J connectivity index is 1.68. The molecule has 1 saturated carbocycles. The van der Waals surface area contributed by atoms with Crippen LogP contribution in [-0.2, 0) is 18.9 Å². The number of thioether (sulfide) groups is 1. The molecule has 206 valence electrons. The van der Waals surface area contributed by atoms with Crippen molar-refractivity contribution in [3.8, 4) is 0 Å². The molecule has 1 aliphatic carbocycles. The molecule has 0 aromatic rings. The minimum absolute atomic E-state index is 0.0738. The highest BCUT2D eigenvalue weighted by Crippen LogP contribution is 2.31. The normalized spacial score (nSPS) is 49.2. The zero-order valence-corrected chi connectivity index (χ0v) is 20.9. The summed E-state index contributed by atoms with van der Waals surface area (Å²) in [6.45, 7) is 2.12. The first-order chi connectivity index (χ1) is 16.6. The van der Waals surface area contributed by atoms with Gasteiger partial charge in [-0.05, 0) is 25.0 Å². The molecule has 0 aromatic heterocycles. The van der Waals surface area contributed by atoms with E-state index >= 15 is 0 Å². The SMILES string of the molecule is CCCSCC1O[C@H](O[C@H]2C(N)C[C@H](N)C(O[C@H]3OC(CN)[C@@H](O)CC3N)C2O)[C@@H](O)C(N)[C@@H]1O. The van der Waals surface area contributed by atoms with Gasteiger partial charge in [-0.3, -0.25) is 0 Å². The second-order valence-corrected chi connectivity index (χ2v) is 10.8. The largest absolute Gasteiger partial charge is 0.390 e. The molecule has 0 amide bonds. The van der Waals surface area contributed by atoms with Crippen molar-refractivity contribution in [2.45, 2.75) is 112 Å². The Morgan fingerprint density at radius 1 is 0.800 bits per heavy atom. The fraction of sp³-hybridized carbons (Fsp3) is 1.00. The van der Waals surface area contributed by atoms with Crippen LogP contribution in [0.1, 0.15) is 26.2 Å². The van der Waals surface area contributed by atoms with Crippen LogP contribution in [0.3, 0.4) is 0 Å². The van der Waals surface area contributed by atoms with Crippen molar-refractivity contribution in [1.29, 1.82) is 0 Å². The van der Waals surface area contributed by atoms with Gasteiger partial charge in [0.2, 0.25) is 0 Å². The lowest BCUT2D eigenvalue weighted by atomic mass is 9.84. The average Bonchev–Trinajstić information content (AvgIpc) is 2.81. The van der Waals surface area contributed by atoms with E-state index in [1.807, 2.05) is 6.92 Å². The monoisotopic (exact) mass is 525 g/mol. The molecule has 3 aliphatic rings. The number of hydrogen-bond donors (Lipinski definition) is 9. The number of hydrogen-bond acceptors (Lipinski definition) is 14. The number of rotatable bonds is 9. The second kappa shape index (κ2) is 13.1. The summed E-state index contributed by atoms with van der Waals surface area (Å²) in [6.07, 6.45) is -8.58. The summed E-state index contributed by atoms with van der Waals surface area (Å²) in [4.78, 5) is 0. The van der Waals surface area contributed by atoms with Gasteiger partial charge in [0.1, 0.15) is 24.4 Å². The fourth-order valence-corrected chi connectivity index (χ4v) is 5.72. The highest BCUT2D eigenvalue weighted by Gasteiger charge is 2.50. The summed E-state index contributed by atoms with van der Waals surface area (Å²) in [6, 6.07) is -3.00. The standard InChI is InChI=1S/C21H43N5O8S/c1-2-3-35-7-13-15(28)14(26)16(29)21(32-13)34-19-9(24)4-8(23)18(17(19)30)33-20-10(25)5-11(27)12(6-22)31-20/h8-21,27-30H,2-7,22-26H2,1H3/t8-,9?,10?,11-,12?,13?,14?,15+,16-,17?,18?,19-,20+,21+/m0/s1. The Kier molecular flexibility index (Phi) is 11.0. The third-order valence-corrected chi connectivity index (χ3v) is 8.13. The maximum atomic E-state index is 11.1. The molecule has 0 spiro atoms. The summed E-state index contributed by atoms with van der Waals surface area (Å²) in [5.74, 6) is 1.35. The van der Waals surface area contributed by atoms with Crippen molar-refractivity contribution < 1.29 is 39.4 Å². The summed E-state index contributed by atoms with van der Waals surface area (Å²) in [7, 11) is 0. The van der Waals surface area contributed by atoms with E-state index in [2.05, 4.69) is 0 Å². The van der Waals surface area contributed by atoms with Crippen LogP contribution in [-0.4, -0.2) is 124 Å². The van der Waals surface area contributed by atoms with Gasteiger partial charge in [-0.1, -0.05) is 6.92 Å². The molecule has 2 heterocycles. The molecule has 3 rings (SSSR count). The Bertz CT molecular complexity index is 659. The van der Waals surface area contributed by atoms with E-state index in [-0.39, 0.29) is 19.4 Å². The lowest BCUT2D eigenvalue weighted by molar-refractivity contribution is -0.309. The fourth-order valence-electron chi connectivity index (χ4n) is 4.76. The van der Waals surface area contributed by atoms with Crippen molar-refractivity contribution >= 4 is 11.8 Å². The molecule has 14 N–H and O–H groups in total. The topological polar surface area (TPSA) is 248 Å². The van der Waals surface area contributed by atoms with Crippen molar-refractivity contribution in [2.24, 2.45) is 28.7 Å². The molecule has 14 atom stereocenters. The Labute approximate surface area is 209 Å². The van der Waals surface area contributed by atoms with Gasteiger partial charge in [-0.2, -0.15) is 11.8 Å². The summed E-state index contributed by atoms with van der Waals surface area (Å²) >= 11 is 1.60. The number of nitrogens with two attached hydrogens (primary N) is 5. The van der Waals surface area contributed by atoms with E-state index in [4.69, 9.17) is 47.6 Å². The minimum Gasteiger partial charge on any atom is -0.390 e. The van der Waals surface area contributed by atoms with Gasteiger partial charge in [0, 0.05) is 24.4 Å². The zero-order chi connectivity index (χ0) is 25.9. The number of aliphatic hydroxyl groups excluding tert-OH is 4. The molecule has 14 heteroatoms. The van der Waals surface area contributed by atoms with Crippen molar-refractivity contribution in [3.05, 3.63) is 0 Å². The summed E-state index contributed by atoms with van der Waals surface area (Å²) in [5, 5.41) is 42.2. The van der Waals surface area contributed by atoms with Gasteiger partial charge in [-0.15, -0.1) is 0 Å². The van der Waals surface area contributed by atoms with Crippen LogP contribution in [0.25, 0.3) is 0 Å². The molecule has 35 heavy (non-hydrogen) atoms. The maximum absolute atomic E-state index is 11.1. The van der Waals surface area contributed by atoms with E-state index in [1.165, 1.54) is 0 Å². The van der Waals surface area contributed by atoms with Gasteiger partial charge in [0.15, 0.2) is 12.6 Å². The summed E-state index contributed by atoms with van der Waals surface area (Å²) < 4.78 is 23.5. The summed E-state index contributed by atoms with van der Waals surface area (Å²) in [5.41, 5.74) is 30.3. The van der Waals surface area contributed by atoms with E-state index in [1.54, 1.807) is 11.8 Å². The number of aliphatic hydroxyl groups is 4. The highest BCUT2D eigenvalue weighted by atomic mass is 32.2. The van der Waals surface area contributed by atoms with Gasteiger partial charge in [-0.25, -0.2) is 0 Å². The van der Waals surface area contributed by atoms with Gasteiger partial charge in [0.25, 0.3) is 0 Å². The Morgan fingerprint density at radius 2 is 1.40 bits per heavy atom. The van der Waals surface area contributed by atoms with Crippen molar-refractivity contribution in [3.63, 3.8) is 0 Å². The first-order valence-corrected chi connectivity index (χ1v) is 13.4. The molecule has 0 radical (unpaired) electrons. The smallest absolute Gasteiger partial charge is 0.186 e. The molecule has 3 fully saturated rings. The molecular formula is C21H43N5O8S. The highest BCUT2D eigenvalue weighted by molar-refractivity contribution is 7.99. The van der Waals surface area contributed by atoms with E-state index in [0.29, 0.717) is 5.75 Å². The molecule has 2 aliphatic heterocycles. The first kappa shape index (κ1) is 29.4. The Hall–Kier alpha value is -0.170. The van der Waals surface area contributed by atoms with E-state index in [0.717, 1.165) is 12.2 Å². The molecule has 2 saturated heterocycles. The lowest BCUT2D eigenvalue weighted by Crippen LogP contribution is -2.68. The van der Waals surface area contributed by atoms with Gasteiger partial charge in [0.05, 0.1) is 36.5 Å². The van der Waals surface area contributed by atoms with Gasteiger partial charge < -0.3 is 68.0 Å². The minimum atomic E-state index is -1.34. The predicted octanol–water partition coefficient (Wildman–Crippen LogP) is -4.14. The lowest BCUT2D eigenvalue weighted by Gasteiger charge is -2.48. The van der Waals surface area contributed by atoms with Crippen LogP contribution in [0, 0.1) is 0 Å². The number of ether oxygens (including phenoxy) is 4. The molecule has 7 unspecified atom stereocenters. The first-order valence-electron chi connectivity index (χ1n) is 12.2. The molecule has 13 nitrogen and oxygen atoms in total. The van der Waals surface area contributed by atoms with Crippen LogP contribution in [0.5, 0.6) is 0 Å². The average molecular weight is 526 g/mol. The van der Waals surface area contributed by atoms with Crippen molar-refractivity contribution in [1.82, 2.24) is 0 Å². The van der Waals surface area contributed by atoms with Crippen LogP contribution >= 0.6 is 11.8 Å². The Morgan fingerprint density at radius 3 is 2.00 bits per heavy atom. The third-order valence-electron chi connectivity index (χ3n) is 6.87. The molecular weight excluding hydrogens is 482 g/mol. The van der Waals surface area contributed by atoms with Crippen LogP contribution in [0.2, 0.25) is 0 Å². The van der Waals surface area contributed by atoms with Crippen LogP contribution < -0.4 is 28.7 Å². The third kappa shape index (κ3) is 6.83. The maximum Gasteiger partial charge on any atom is 0.186 e.